The van der Waals surface area contributed by atoms with Crippen LogP contribution in [0.1, 0.15) is 60.5 Å². The van der Waals surface area contributed by atoms with Crippen LogP contribution in [0.4, 0.5) is 5.69 Å². The van der Waals surface area contributed by atoms with Crippen molar-refractivity contribution in [3.8, 4) is 5.75 Å². The summed E-state index contributed by atoms with van der Waals surface area (Å²) in [5.74, 6) is 0.842. The number of amides is 2. The van der Waals surface area contributed by atoms with E-state index in [9.17, 15) is 9.59 Å². The summed E-state index contributed by atoms with van der Waals surface area (Å²) in [6, 6.07) is 13.5. The molecule has 5 nitrogen and oxygen atoms in total. The quantitative estimate of drug-likeness (QED) is 0.828. The van der Waals surface area contributed by atoms with Crippen LogP contribution in [0.3, 0.4) is 0 Å². The van der Waals surface area contributed by atoms with Gasteiger partial charge in [-0.3, -0.25) is 9.59 Å². The fraction of sp³-hybridized carbons (Fsp3) is 0.417. The van der Waals surface area contributed by atoms with E-state index in [4.69, 9.17) is 4.74 Å². The van der Waals surface area contributed by atoms with Gasteiger partial charge in [0, 0.05) is 31.3 Å². The third-order valence-electron chi connectivity index (χ3n) is 5.85. The molecule has 2 aromatic carbocycles. The summed E-state index contributed by atoms with van der Waals surface area (Å²) in [6.07, 6.45) is 7.24. The molecule has 0 atom stereocenters. The van der Waals surface area contributed by atoms with Gasteiger partial charge in [0.2, 0.25) is 5.91 Å². The third-order valence-corrected chi connectivity index (χ3v) is 5.85. The number of carbonyl (C=O) groups excluding carboxylic acids is 2. The van der Waals surface area contributed by atoms with Crippen molar-refractivity contribution in [1.82, 2.24) is 5.32 Å². The molecule has 0 unspecified atom stereocenters. The van der Waals surface area contributed by atoms with Crippen molar-refractivity contribution < 1.29 is 14.3 Å². The lowest BCUT2D eigenvalue weighted by Crippen LogP contribution is -2.26. The molecule has 2 amide bonds. The van der Waals surface area contributed by atoms with Crippen LogP contribution < -0.4 is 15.0 Å². The van der Waals surface area contributed by atoms with Gasteiger partial charge in [-0.15, -0.1) is 0 Å². The first-order valence-electron chi connectivity index (χ1n) is 10.5. The average molecular weight is 392 g/mol. The van der Waals surface area contributed by atoms with E-state index in [1.54, 1.807) is 17.9 Å². The Labute approximate surface area is 172 Å². The Kier molecular flexibility index (Phi) is 5.84. The highest BCUT2D eigenvalue weighted by molar-refractivity contribution is 5.97. The zero-order valence-electron chi connectivity index (χ0n) is 16.9. The smallest absolute Gasteiger partial charge is 0.251 e. The Morgan fingerprint density at radius 3 is 2.55 bits per heavy atom. The van der Waals surface area contributed by atoms with E-state index in [1.165, 1.54) is 19.3 Å². The van der Waals surface area contributed by atoms with Crippen LogP contribution in [0.25, 0.3) is 0 Å². The van der Waals surface area contributed by atoms with E-state index in [2.05, 4.69) is 5.32 Å². The molecule has 1 heterocycles. The summed E-state index contributed by atoms with van der Waals surface area (Å²) in [4.78, 5) is 26.0. The largest absolute Gasteiger partial charge is 0.490 e. The fourth-order valence-corrected chi connectivity index (χ4v) is 4.22. The van der Waals surface area contributed by atoms with E-state index in [-0.39, 0.29) is 11.8 Å². The number of hydrogen-bond acceptors (Lipinski definition) is 3. The van der Waals surface area contributed by atoms with Gasteiger partial charge < -0.3 is 15.0 Å². The maximum absolute atomic E-state index is 12.5. The number of benzene rings is 2. The minimum absolute atomic E-state index is 0.0388. The lowest BCUT2D eigenvalue weighted by atomic mass is 9.98. The summed E-state index contributed by atoms with van der Waals surface area (Å²) < 4.78 is 6.06. The summed E-state index contributed by atoms with van der Waals surface area (Å²) in [5.41, 5.74) is 3.64. The molecular formula is C24H28N2O3. The van der Waals surface area contributed by atoms with Gasteiger partial charge in [-0.1, -0.05) is 18.6 Å². The minimum atomic E-state index is -0.100. The molecule has 2 aromatic rings. The van der Waals surface area contributed by atoms with Gasteiger partial charge in [0.15, 0.2) is 0 Å². The van der Waals surface area contributed by atoms with Crippen molar-refractivity contribution >= 4 is 17.5 Å². The standard InChI is InChI=1S/C24H28N2O3/c1-17(27)26-14-13-19-15-20(9-12-23(19)26)24(28)25-16-18-7-10-22(11-8-18)29-21-5-3-2-4-6-21/h7-12,15,21H,2-6,13-14,16H2,1H3,(H,25,28). The van der Waals surface area contributed by atoms with E-state index < -0.39 is 0 Å². The molecule has 0 saturated heterocycles. The lowest BCUT2D eigenvalue weighted by molar-refractivity contribution is -0.116. The van der Waals surface area contributed by atoms with Crippen LogP contribution in [-0.4, -0.2) is 24.5 Å². The summed E-state index contributed by atoms with van der Waals surface area (Å²) in [6.45, 7) is 2.73. The third kappa shape index (κ3) is 4.61. The number of fused-ring (bicyclic) bond motifs is 1. The maximum atomic E-state index is 12.5. The van der Waals surface area contributed by atoms with Gasteiger partial charge in [-0.05, 0) is 73.6 Å². The van der Waals surface area contributed by atoms with E-state index in [1.807, 2.05) is 36.4 Å². The first-order chi connectivity index (χ1) is 14.1. The van der Waals surface area contributed by atoms with Crippen LogP contribution in [0, 0.1) is 0 Å². The van der Waals surface area contributed by atoms with E-state index in [0.29, 0.717) is 24.8 Å². The highest BCUT2D eigenvalue weighted by atomic mass is 16.5. The molecule has 1 N–H and O–H groups in total. The van der Waals surface area contributed by atoms with Gasteiger partial charge >= 0.3 is 0 Å². The number of carbonyl (C=O) groups is 2. The topological polar surface area (TPSA) is 58.6 Å². The monoisotopic (exact) mass is 392 g/mol. The Bertz CT molecular complexity index is 885. The molecule has 152 valence electrons. The normalized spacial score (nSPS) is 16.4. The second-order valence-corrected chi connectivity index (χ2v) is 7.97. The first-order valence-corrected chi connectivity index (χ1v) is 10.5. The number of anilines is 1. The molecule has 0 spiro atoms. The molecule has 0 bridgehead atoms. The van der Waals surface area contributed by atoms with Gasteiger partial charge in [-0.25, -0.2) is 0 Å². The molecule has 2 aliphatic rings. The molecule has 0 aromatic heterocycles. The van der Waals surface area contributed by atoms with Gasteiger partial charge in [0.1, 0.15) is 5.75 Å². The minimum Gasteiger partial charge on any atom is -0.490 e. The van der Waals surface area contributed by atoms with Crippen LogP contribution in [0.2, 0.25) is 0 Å². The predicted octanol–water partition coefficient (Wildman–Crippen LogP) is 4.24. The zero-order valence-corrected chi connectivity index (χ0v) is 16.9. The fourth-order valence-electron chi connectivity index (χ4n) is 4.22. The lowest BCUT2D eigenvalue weighted by Gasteiger charge is -2.23. The molecule has 29 heavy (non-hydrogen) atoms. The predicted molar refractivity (Wildman–Crippen MR) is 113 cm³/mol. The highest BCUT2D eigenvalue weighted by Crippen LogP contribution is 2.29. The van der Waals surface area contributed by atoms with Crippen molar-refractivity contribution in [1.29, 1.82) is 0 Å². The number of nitrogens with one attached hydrogen (secondary N) is 1. The van der Waals surface area contributed by atoms with E-state index in [0.717, 1.165) is 41.8 Å². The molecule has 1 aliphatic carbocycles. The van der Waals surface area contributed by atoms with Crippen molar-refractivity contribution in [2.24, 2.45) is 0 Å². The summed E-state index contributed by atoms with van der Waals surface area (Å²) >= 11 is 0. The van der Waals surface area contributed by atoms with Gasteiger partial charge in [0.25, 0.3) is 5.91 Å². The van der Waals surface area contributed by atoms with Crippen molar-refractivity contribution in [3.63, 3.8) is 0 Å². The number of nitrogens with zero attached hydrogens (tertiary/aromatic N) is 1. The first kappa shape index (κ1) is 19.5. The number of hydrogen-bond donors (Lipinski definition) is 1. The van der Waals surface area contributed by atoms with Crippen molar-refractivity contribution in [2.75, 3.05) is 11.4 Å². The second-order valence-electron chi connectivity index (χ2n) is 7.97. The number of rotatable bonds is 5. The Hall–Kier alpha value is -2.82. The molecule has 0 radical (unpaired) electrons. The van der Waals surface area contributed by atoms with Gasteiger partial charge in [-0.2, -0.15) is 0 Å². The Balaban J connectivity index is 1.32. The molecule has 1 fully saturated rings. The maximum Gasteiger partial charge on any atom is 0.251 e. The summed E-state index contributed by atoms with van der Waals surface area (Å²) in [7, 11) is 0. The highest BCUT2D eigenvalue weighted by Gasteiger charge is 2.23. The van der Waals surface area contributed by atoms with E-state index >= 15 is 0 Å². The summed E-state index contributed by atoms with van der Waals surface area (Å²) in [5, 5.41) is 2.98. The Morgan fingerprint density at radius 1 is 1.07 bits per heavy atom. The average Bonchev–Trinajstić information content (AvgIpc) is 3.17. The second kappa shape index (κ2) is 8.68. The van der Waals surface area contributed by atoms with Crippen LogP contribution in [0.5, 0.6) is 5.75 Å². The SMILES string of the molecule is CC(=O)N1CCc2cc(C(=O)NCc3ccc(OC4CCCCC4)cc3)ccc21. The van der Waals surface area contributed by atoms with Crippen LogP contribution in [0.15, 0.2) is 42.5 Å². The van der Waals surface area contributed by atoms with Crippen molar-refractivity contribution in [3.05, 3.63) is 59.2 Å². The molecule has 1 saturated carbocycles. The number of ether oxygens (including phenoxy) is 1. The van der Waals surface area contributed by atoms with Gasteiger partial charge in [0.05, 0.1) is 6.10 Å². The molecule has 5 heteroatoms. The molecular weight excluding hydrogens is 364 g/mol. The zero-order chi connectivity index (χ0) is 20.2. The Morgan fingerprint density at radius 2 is 1.83 bits per heavy atom. The molecule has 4 rings (SSSR count). The molecule has 1 aliphatic heterocycles. The van der Waals surface area contributed by atoms with Crippen LogP contribution in [-0.2, 0) is 17.8 Å². The van der Waals surface area contributed by atoms with Crippen molar-refractivity contribution in [2.45, 2.75) is 58.1 Å². The van der Waals surface area contributed by atoms with Crippen LogP contribution >= 0.6 is 0 Å².